The fraction of sp³-hybridized carbons (Fsp3) is 0.250. The molecule has 0 aliphatic carbocycles. The van der Waals surface area contributed by atoms with Gasteiger partial charge in [-0.2, -0.15) is 0 Å². The van der Waals surface area contributed by atoms with Crippen LogP contribution in [0.2, 0.25) is 0 Å². The molecule has 0 radical (unpaired) electrons. The summed E-state index contributed by atoms with van der Waals surface area (Å²) >= 11 is 0. The Morgan fingerprint density at radius 2 is 1.85 bits per heavy atom. The maximum atomic E-state index is 12.3. The third kappa shape index (κ3) is 2.79. The van der Waals surface area contributed by atoms with Crippen LogP contribution >= 0.6 is 0 Å². The zero-order valence-corrected chi connectivity index (χ0v) is 12.0. The Kier molecular flexibility index (Phi) is 4.03. The standard InChI is InChI=1S/C16H18N2O2/c1-4-12-5-7-14(8-6-12)18(3)16(20)13-9-10-17(2)15(19)11-13/h5-11H,4H2,1-3H3. The van der Waals surface area contributed by atoms with Gasteiger partial charge in [-0.3, -0.25) is 9.59 Å². The van der Waals surface area contributed by atoms with E-state index in [2.05, 4.69) is 6.92 Å². The first-order valence-electron chi connectivity index (χ1n) is 6.56. The highest BCUT2D eigenvalue weighted by molar-refractivity contribution is 6.05. The van der Waals surface area contributed by atoms with Crippen LogP contribution in [0.1, 0.15) is 22.8 Å². The number of aryl methyl sites for hydroxylation is 2. The average Bonchev–Trinajstić information content (AvgIpc) is 2.48. The second-order valence-corrected chi connectivity index (χ2v) is 4.75. The minimum atomic E-state index is -0.189. The summed E-state index contributed by atoms with van der Waals surface area (Å²) in [5.74, 6) is -0.188. The molecule has 0 saturated carbocycles. The number of carbonyl (C=O) groups is 1. The third-order valence-corrected chi connectivity index (χ3v) is 3.39. The minimum absolute atomic E-state index is 0.188. The summed E-state index contributed by atoms with van der Waals surface area (Å²) in [6.07, 6.45) is 2.57. The Morgan fingerprint density at radius 3 is 2.40 bits per heavy atom. The molecule has 0 aliphatic heterocycles. The molecule has 4 heteroatoms. The molecule has 4 nitrogen and oxygen atoms in total. The van der Waals surface area contributed by atoms with Crippen molar-refractivity contribution in [1.29, 1.82) is 0 Å². The molecule has 104 valence electrons. The van der Waals surface area contributed by atoms with Gasteiger partial charge in [-0.1, -0.05) is 19.1 Å². The Bertz CT molecular complexity index is 672. The van der Waals surface area contributed by atoms with Crippen LogP contribution in [0.5, 0.6) is 0 Å². The molecule has 0 N–H and O–H groups in total. The largest absolute Gasteiger partial charge is 0.319 e. The number of benzene rings is 1. The zero-order chi connectivity index (χ0) is 14.7. The van der Waals surface area contributed by atoms with Crippen LogP contribution in [0.25, 0.3) is 0 Å². The van der Waals surface area contributed by atoms with Crippen molar-refractivity contribution >= 4 is 11.6 Å². The summed E-state index contributed by atoms with van der Waals surface area (Å²) in [5, 5.41) is 0. The molecule has 0 bridgehead atoms. The van der Waals surface area contributed by atoms with Crippen LogP contribution in [0.4, 0.5) is 5.69 Å². The molecule has 0 unspecified atom stereocenters. The van der Waals surface area contributed by atoms with E-state index in [9.17, 15) is 9.59 Å². The van der Waals surface area contributed by atoms with Crippen LogP contribution in [0.15, 0.2) is 47.4 Å². The predicted octanol–water partition coefficient (Wildman–Crippen LogP) is 2.22. The van der Waals surface area contributed by atoms with Crippen LogP contribution in [0, 0.1) is 0 Å². The number of hydrogen-bond donors (Lipinski definition) is 0. The first-order valence-corrected chi connectivity index (χ1v) is 6.56. The molecular formula is C16H18N2O2. The number of aromatic nitrogens is 1. The lowest BCUT2D eigenvalue weighted by Crippen LogP contribution is -2.28. The molecule has 0 aliphatic rings. The van der Waals surface area contributed by atoms with Crippen molar-refractivity contribution in [3.05, 3.63) is 64.1 Å². The van der Waals surface area contributed by atoms with Gasteiger partial charge in [0, 0.05) is 37.6 Å². The second kappa shape index (κ2) is 5.74. The summed E-state index contributed by atoms with van der Waals surface area (Å²) in [5.41, 5.74) is 2.25. The maximum Gasteiger partial charge on any atom is 0.258 e. The summed E-state index contributed by atoms with van der Waals surface area (Å²) in [4.78, 5) is 25.5. The third-order valence-electron chi connectivity index (χ3n) is 3.39. The summed E-state index contributed by atoms with van der Waals surface area (Å²) in [6, 6.07) is 10.8. The van der Waals surface area contributed by atoms with Gasteiger partial charge in [-0.05, 0) is 30.2 Å². The highest BCUT2D eigenvalue weighted by atomic mass is 16.2. The molecule has 1 heterocycles. The molecule has 0 fully saturated rings. The fourth-order valence-electron chi connectivity index (χ4n) is 1.95. The molecule has 0 saturated heterocycles. The van der Waals surface area contributed by atoms with E-state index in [0.717, 1.165) is 12.1 Å². The minimum Gasteiger partial charge on any atom is -0.319 e. The fourth-order valence-corrected chi connectivity index (χ4v) is 1.95. The van der Waals surface area contributed by atoms with E-state index in [1.807, 2.05) is 24.3 Å². The molecule has 20 heavy (non-hydrogen) atoms. The Labute approximate surface area is 118 Å². The topological polar surface area (TPSA) is 42.3 Å². The van der Waals surface area contributed by atoms with Gasteiger partial charge in [-0.25, -0.2) is 0 Å². The van der Waals surface area contributed by atoms with Crippen LogP contribution < -0.4 is 10.5 Å². The Balaban J connectivity index is 2.27. The van der Waals surface area contributed by atoms with Crippen LogP contribution in [0.3, 0.4) is 0 Å². The normalized spacial score (nSPS) is 10.3. The van der Waals surface area contributed by atoms with E-state index in [0.29, 0.717) is 5.56 Å². The first kappa shape index (κ1) is 14.1. The number of pyridine rings is 1. The maximum absolute atomic E-state index is 12.3. The van der Waals surface area contributed by atoms with E-state index in [1.54, 1.807) is 31.3 Å². The van der Waals surface area contributed by atoms with E-state index < -0.39 is 0 Å². The number of hydrogen-bond acceptors (Lipinski definition) is 2. The zero-order valence-electron chi connectivity index (χ0n) is 12.0. The molecule has 2 rings (SSSR count). The average molecular weight is 270 g/mol. The number of carbonyl (C=O) groups excluding carboxylic acids is 1. The van der Waals surface area contributed by atoms with E-state index in [-0.39, 0.29) is 11.5 Å². The molecular weight excluding hydrogens is 252 g/mol. The molecule has 1 aromatic heterocycles. The van der Waals surface area contributed by atoms with Gasteiger partial charge in [0.1, 0.15) is 0 Å². The van der Waals surface area contributed by atoms with Crippen molar-refractivity contribution in [3.63, 3.8) is 0 Å². The predicted molar refractivity (Wildman–Crippen MR) is 80.2 cm³/mol. The number of amides is 1. The van der Waals surface area contributed by atoms with Crippen molar-refractivity contribution < 1.29 is 4.79 Å². The first-order chi connectivity index (χ1) is 9.52. The van der Waals surface area contributed by atoms with Crippen molar-refractivity contribution in [1.82, 2.24) is 4.57 Å². The van der Waals surface area contributed by atoms with E-state index in [1.165, 1.54) is 16.2 Å². The van der Waals surface area contributed by atoms with Crippen LogP contribution in [-0.4, -0.2) is 17.5 Å². The lowest BCUT2D eigenvalue weighted by Gasteiger charge is -2.17. The van der Waals surface area contributed by atoms with Gasteiger partial charge in [0.2, 0.25) is 0 Å². The van der Waals surface area contributed by atoms with Crippen LogP contribution in [-0.2, 0) is 13.5 Å². The van der Waals surface area contributed by atoms with E-state index >= 15 is 0 Å². The number of rotatable bonds is 3. The summed E-state index contributed by atoms with van der Waals surface area (Å²) in [6.45, 7) is 2.09. The molecule has 0 atom stereocenters. The van der Waals surface area contributed by atoms with Gasteiger partial charge in [0.25, 0.3) is 11.5 Å². The van der Waals surface area contributed by atoms with Gasteiger partial charge >= 0.3 is 0 Å². The lowest BCUT2D eigenvalue weighted by molar-refractivity contribution is 0.0992. The Hall–Kier alpha value is -2.36. The monoisotopic (exact) mass is 270 g/mol. The van der Waals surface area contributed by atoms with Crippen molar-refractivity contribution in [3.8, 4) is 0 Å². The molecule has 1 amide bonds. The molecule has 2 aromatic rings. The van der Waals surface area contributed by atoms with E-state index in [4.69, 9.17) is 0 Å². The smallest absolute Gasteiger partial charge is 0.258 e. The second-order valence-electron chi connectivity index (χ2n) is 4.75. The van der Waals surface area contributed by atoms with Crippen molar-refractivity contribution in [2.45, 2.75) is 13.3 Å². The van der Waals surface area contributed by atoms with Gasteiger partial charge in [0.15, 0.2) is 0 Å². The highest BCUT2D eigenvalue weighted by Gasteiger charge is 2.14. The quantitative estimate of drug-likeness (QED) is 0.858. The summed E-state index contributed by atoms with van der Waals surface area (Å²) < 4.78 is 1.44. The van der Waals surface area contributed by atoms with Gasteiger partial charge < -0.3 is 9.47 Å². The van der Waals surface area contributed by atoms with Crippen molar-refractivity contribution in [2.75, 3.05) is 11.9 Å². The van der Waals surface area contributed by atoms with Gasteiger partial charge in [0.05, 0.1) is 0 Å². The molecule has 0 spiro atoms. The SMILES string of the molecule is CCc1ccc(N(C)C(=O)c2ccn(C)c(=O)c2)cc1. The molecule has 1 aromatic carbocycles. The van der Waals surface area contributed by atoms with Crippen molar-refractivity contribution in [2.24, 2.45) is 7.05 Å². The number of nitrogens with zero attached hydrogens (tertiary/aromatic N) is 2. The Morgan fingerprint density at radius 1 is 1.20 bits per heavy atom. The van der Waals surface area contributed by atoms with Gasteiger partial charge in [-0.15, -0.1) is 0 Å². The number of anilines is 1. The summed E-state index contributed by atoms with van der Waals surface area (Å²) in [7, 11) is 3.37. The lowest BCUT2D eigenvalue weighted by atomic mass is 10.1. The highest BCUT2D eigenvalue weighted by Crippen LogP contribution is 2.16.